The fourth-order valence-electron chi connectivity index (χ4n) is 4.09. The minimum absolute atomic E-state index is 0.0528. The van der Waals surface area contributed by atoms with Gasteiger partial charge < -0.3 is 9.84 Å². The molecule has 1 aromatic rings. The maximum absolute atomic E-state index is 12.9. The van der Waals surface area contributed by atoms with Gasteiger partial charge in [-0.15, -0.1) is 0 Å². The molecule has 3 heterocycles. The number of para-hydroxylation sites is 2. The van der Waals surface area contributed by atoms with Crippen LogP contribution >= 0.6 is 0 Å². The summed E-state index contributed by atoms with van der Waals surface area (Å²) in [5.41, 5.74) is -2.62. The van der Waals surface area contributed by atoms with E-state index in [4.69, 9.17) is 4.74 Å². The Bertz CT molecular complexity index is 821. The quantitative estimate of drug-likeness (QED) is 0.380. The molecule has 8 heteroatoms. The number of anilines is 1. The maximum Gasteiger partial charge on any atom is 0.293 e. The number of imide groups is 1. The number of aliphatic hydroxyl groups is 1. The third-order valence-electron chi connectivity index (χ3n) is 5.12. The molecule has 1 N–H and O–H groups in total. The number of fused-ring (bicyclic) bond motifs is 5. The Morgan fingerprint density at radius 3 is 2.58 bits per heavy atom. The first-order chi connectivity index (χ1) is 11.3. The van der Waals surface area contributed by atoms with Crippen LogP contribution in [0.1, 0.15) is 6.92 Å². The van der Waals surface area contributed by atoms with Crippen molar-refractivity contribution in [1.29, 1.82) is 0 Å². The normalized spacial score (nSPS) is 36.5. The second-order valence-electron chi connectivity index (χ2n) is 6.45. The van der Waals surface area contributed by atoms with Gasteiger partial charge in [-0.2, -0.15) is 0 Å². The summed E-state index contributed by atoms with van der Waals surface area (Å²) in [6, 6.07) is 5.62. The predicted octanol–water partition coefficient (Wildman–Crippen LogP) is 0.790. The SMILES string of the molecule is C[C@]12C=C[C@](CO)(O1)[C@@H]1C(=O)N(c3ccccc3[N+](=O)[O-])C(=O)[C@@H]12. The van der Waals surface area contributed by atoms with E-state index in [-0.39, 0.29) is 11.4 Å². The molecule has 0 saturated carbocycles. The molecule has 0 spiro atoms. The summed E-state index contributed by atoms with van der Waals surface area (Å²) >= 11 is 0. The smallest absolute Gasteiger partial charge is 0.293 e. The number of rotatable bonds is 3. The molecule has 0 aliphatic carbocycles. The molecule has 4 rings (SSSR count). The zero-order valence-electron chi connectivity index (χ0n) is 12.7. The topological polar surface area (TPSA) is 110 Å². The van der Waals surface area contributed by atoms with Crippen LogP contribution in [-0.4, -0.2) is 39.7 Å². The molecular weight excluding hydrogens is 316 g/mol. The van der Waals surface area contributed by atoms with Crippen molar-refractivity contribution in [3.05, 3.63) is 46.5 Å². The predicted molar refractivity (Wildman–Crippen MR) is 81.0 cm³/mol. The van der Waals surface area contributed by atoms with Crippen LogP contribution in [0, 0.1) is 22.0 Å². The lowest BCUT2D eigenvalue weighted by molar-refractivity contribution is -0.384. The minimum atomic E-state index is -1.25. The van der Waals surface area contributed by atoms with Crippen molar-refractivity contribution >= 4 is 23.2 Å². The van der Waals surface area contributed by atoms with E-state index >= 15 is 0 Å². The average Bonchev–Trinajstić information content (AvgIpc) is 3.13. The highest BCUT2D eigenvalue weighted by Crippen LogP contribution is 2.57. The first kappa shape index (κ1) is 15.0. The van der Waals surface area contributed by atoms with Crippen LogP contribution in [0.15, 0.2) is 36.4 Å². The molecular formula is C16H14N2O6. The number of nitrogens with zero attached hydrogens (tertiary/aromatic N) is 2. The molecule has 2 fully saturated rings. The molecule has 24 heavy (non-hydrogen) atoms. The lowest BCUT2D eigenvalue weighted by atomic mass is 9.73. The van der Waals surface area contributed by atoms with E-state index in [0.717, 1.165) is 4.90 Å². The fraction of sp³-hybridized carbons (Fsp3) is 0.375. The zero-order chi connectivity index (χ0) is 17.3. The number of amides is 2. The van der Waals surface area contributed by atoms with Gasteiger partial charge in [0.2, 0.25) is 11.8 Å². The van der Waals surface area contributed by atoms with Gasteiger partial charge in [-0.1, -0.05) is 24.3 Å². The highest BCUT2D eigenvalue weighted by atomic mass is 16.6. The van der Waals surface area contributed by atoms with Gasteiger partial charge in [0.1, 0.15) is 11.3 Å². The van der Waals surface area contributed by atoms with Crippen LogP contribution in [0.5, 0.6) is 0 Å². The van der Waals surface area contributed by atoms with Crippen molar-refractivity contribution in [3.8, 4) is 0 Å². The standard InChI is InChI=1S/C16H14N2O6/c1-15-6-7-16(8-19,24-15)12-11(15)13(20)17(14(12)21)9-4-2-3-5-10(9)18(22)23/h2-7,11-12,19H,8H2,1H3/t11-,12+,15-,16-/m1/s1. The third kappa shape index (κ3) is 1.59. The van der Waals surface area contributed by atoms with Gasteiger partial charge in [0.05, 0.1) is 29.0 Å². The Kier molecular flexibility index (Phi) is 2.80. The Morgan fingerprint density at radius 1 is 1.25 bits per heavy atom. The van der Waals surface area contributed by atoms with Gasteiger partial charge in [-0.3, -0.25) is 19.7 Å². The number of hydrogen-bond donors (Lipinski definition) is 1. The molecule has 8 nitrogen and oxygen atoms in total. The Balaban J connectivity index is 1.85. The minimum Gasteiger partial charge on any atom is -0.393 e. The summed E-state index contributed by atoms with van der Waals surface area (Å²) in [7, 11) is 0. The summed E-state index contributed by atoms with van der Waals surface area (Å²) in [6.07, 6.45) is 3.29. The van der Waals surface area contributed by atoms with E-state index in [1.54, 1.807) is 19.1 Å². The number of carbonyl (C=O) groups excluding carboxylic acids is 2. The largest absolute Gasteiger partial charge is 0.393 e. The monoisotopic (exact) mass is 330 g/mol. The van der Waals surface area contributed by atoms with Gasteiger partial charge in [0, 0.05) is 6.07 Å². The molecule has 0 unspecified atom stereocenters. The first-order valence-corrected chi connectivity index (χ1v) is 7.47. The van der Waals surface area contributed by atoms with Crippen molar-refractivity contribution in [3.63, 3.8) is 0 Å². The van der Waals surface area contributed by atoms with Crippen LogP contribution in [-0.2, 0) is 14.3 Å². The van der Waals surface area contributed by atoms with Crippen LogP contribution < -0.4 is 4.90 Å². The summed E-state index contributed by atoms with van der Waals surface area (Å²) in [4.78, 5) is 37.3. The van der Waals surface area contributed by atoms with E-state index < -0.39 is 46.4 Å². The van der Waals surface area contributed by atoms with Gasteiger partial charge in [-0.05, 0) is 13.0 Å². The van der Waals surface area contributed by atoms with Crippen molar-refractivity contribution in [2.45, 2.75) is 18.1 Å². The molecule has 2 amide bonds. The molecule has 1 aromatic carbocycles. The number of benzene rings is 1. The van der Waals surface area contributed by atoms with Crippen molar-refractivity contribution in [2.24, 2.45) is 11.8 Å². The van der Waals surface area contributed by atoms with E-state index in [9.17, 15) is 24.8 Å². The van der Waals surface area contributed by atoms with Crippen LogP contribution in [0.2, 0.25) is 0 Å². The molecule has 3 aliphatic heterocycles. The van der Waals surface area contributed by atoms with Crippen molar-refractivity contribution in [1.82, 2.24) is 0 Å². The Hall–Kier alpha value is -2.58. The van der Waals surface area contributed by atoms with Gasteiger partial charge in [-0.25, -0.2) is 4.90 Å². The van der Waals surface area contributed by atoms with Crippen LogP contribution in [0.3, 0.4) is 0 Å². The van der Waals surface area contributed by atoms with Crippen LogP contribution in [0.4, 0.5) is 11.4 Å². The fourth-order valence-corrected chi connectivity index (χ4v) is 4.09. The Labute approximate surface area is 136 Å². The highest BCUT2D eigenvalue weighted by molar-refractivity contribution is 6.24. The molecule has 2 bridgehead atoms. The number of nitro benzene ring substituents is 1. The number of carbonyl (C=O) groups is 2. The summed E-state index contributed by atoms with van der Waals surface area (Å²) in [6.45, 7) is 1.24. The van der Waals surface area contributed by atoms with Gasteiger partial charge in [0.15, 0.2) is 0 Å². The second kappa shape index (κ2) is 4.49. The number of aliphatic hydroxyl groups excluding tert-OH is 1. The first-order valence-electron chi connectivity index (χ1n) is 7.47. The number of ether oxygens (including phenoxy) is 1. The lowest BCUT2D eigenvalue weighted by Gasteiger charge is -2.26. The molecule has 124 valence electrons. The molecule has 3 aliphatic rings. The highest BCUT2D eigenvalue weighted by Gasteiger charge is 2.72. The third-order valence-corrected chi connectivity index (χ3v) is 5.12. The number of nitro groups is 1. The van der Waals surface area contributed by atoms with E-state index in [2.05, 4.69) is 0 Å². The summed E-state index contributed by atoms with van der Waals surface area (Å²) in [5, 5.41) is 21.0. The summed E-state index contributed by atoms with van der Waals surface area (Å²) in [5.74, 6) is -2.81. The van der Waals surface area contributed by atoms with Gasteiger partial charge >= 0.3 is 0 Å². The Morgan fingerprint density at radius 2 is 1.92 bits per heavy atom. The molecule has 0 radical (unpaired) electrons. The number of hydrogen-bond acceptors (Lipinski definition) is 6. The van der Waals surface area contributed by atoms with Crippen molar-refractivity contribution in [2.75, 3.05) is 11.5 Å². The van der Waals surface area contributed by atoms with E-state index in [1.165, 1.54) is 24.3 Å². The summed E-state index contributed by atoms with van der Waals surface area (Å²) < 4.78 is 5.80. The molecule has 2 saturated heterocycles. The average molecular weight is 330 g/mol. The maximum atomic E-state index is 12.9. The van der Waals surface area contributed by atoms with Crippen LogP contribution in [0.25, 0.3) is 0 Å². The second-order valence-corrected chi connectivity index (χ2v) is 6.45. The molecule has 4 atom stereocenters. The zero-order valence-corrected chi connectivity index (χ0v) is 12.7. The molecule has 0 aromatic heterocycles. The van der Waals surface area contributed by atoms with E-state index in [0.29, 0.717) is 0 Å². The van der Waals surface area contributed by atoms with Crippen molar-refractivity contribution < 1.29 is 24.4 Å². The van der Waals surface area contributed by atoms with E-state index in [1.807, 2.05) is 0 Å². The van der Waals surface area contributed by atoms with Gasteiger partial charge in [0.25, 0.3) is 5.69 Å². The lowest BCUT2D eigenvalue weighted by Crippen LogP contribution is -2.43.